The summed E-state index contributed by atoms with van der Waals surface area (Å²) in [5.41, 5.74) is 0.733. The van der Waals surface area contributed by atoms with Gasteiger partial charge in [-0.2, -0.15) is 5.10 Å². The van der Waals surface area contributed by atoms with E-state index < -0.39 is 11.9 Å². The molecular formula is C11H17N3O3. The lowest BCUT2D eigenvalue weighted by molar-refractivity contribution is -0.142. The summed E-state index contributed by atoms with van der Waals surface area (Å²) >= 11 is 0. The molecule has 0 aliphatic carbocycles. The Morgan fingerprint density at radius 3 is 2.76 bits per heavy atom. The Labute approximate surface area is 99.6 Å². The largest absolute Gasteiger partial charge is 0.481 e. The normalized spacial score (nSPS) is 12.1. The van der Waals surface area contributed by atoms with E-state index in [1.54, 1.807) is 24.1 Å². The zero-order valence-electron chi connectivity index (χ0n) is 10.0. The van der Waals surface area contributed by atoms with Gasteiger partial charge in [-0.15, -0.1) is 0 Å². The number of amides is 1. The fraction of sp³-hybridized carbons (Fsp3) is 0.545. The number of carbonyl (C=O) groups excluding carboxylic acids is 1. The minimum absolute atomic E-state index is 0.0927. The molecule has 1 amide bonds. The van der Waals surface area contributed by atoms with E-state index >= 15 is 0 Å². The van der Waals surface area contributed by atoms with Gasteiger partial charge in [0.2, 0.25) is 5.91 Å². The first-order valence-corrected chi connectivity index (χ1v) is 5.53. The van der Waals surface area contributed by atoms with Gasteiger partial charge in [0.1, 0.15) is 0 Å². The second kappa shape index (κ2) is 6.03. The number of hydrogen-bond donors (Lipinski definition) is 2. The van der Waals surface area contributed by atoms with Crippen molar-refractivity contribution in [2.45, 2.75) is 20.3 Å². The van der Waals surface area contributed by atoms with Crippen LogP contribution < -0.4 is 0 Å². The molecule has 1 aromatic rings. The Balaban J connectivity index is 2.55. The van der Waals surface area contributed by atoms with Crippen molar-refractivity contribution in [1.29, 1.82) is 0 Å². The van der Waals surface area contributed by atoms with Crippen LogP contribution in [0.1, 0.15) is 19.5 Å². The van der Waals surface area contributed by atoms with Crippen molar-refractivity contribution < 1.29 is 14.7 Å². The van der Waals surface area contributed by atoms with E-state index in [1.165, 1.54) is 0 Å². The average Bonchev–Trinajstić information content (AvgIpc) is 2.77. The Morgan fingerprint density at radius 2 is 2.29 bits per heavy atom. The molecule has 1 aromatic heterocycles. The summed E-state index contributed by atoms with van der Waals surface area (Å²) in [4.78, 5) is 24.2. The minimum atomic E-state index is -0.891. The van der Waals surface area contributed by atoms with Gasteiger partial charge < -0.3 is 10.0 Å². The van der Waals surface area contributed by atoms with Crippen molar-refractivity contribution in [3.05, 3.63) is 18.0 Å². The SMILES string of the molecule is CCN(CC(C)C(=O)O)C(=O)Cc1ccn[nH]1. The van der Waals surface area contributed by atoms with Crippen molar-refractivity contribution in [2.75, 3.05) is 13.1 Å². The Bertz CT molecular complexity index is 375. The highest BCUT2D eigenvalue weighted by Gasteiger charge is 2.19. The summed E-state index contributed by atoms with van der Waals surface area (Å²) in [5.74, 6) is -1.54. The molecule has 0 saturated carbocycles. The molecule has 0 aromatic carbocycles. The Morgan fingerprint density at radius 1 is 1.59 bits per heavy atom. The van der Waals surface area contributed by atoms with E-state index in [-0.39, 0.29) is 18.9 Å². The molecule has 0 bridgehead atoms. The van der Waals surface area contributed by atoms with Crippen LogP contribution in [0.4, 0.5) is 0 Å². The van der Waals surface area contributed by atoms with E-state index in [0.29, 0.717) is 6.54 Å². The third kappa shape index (κ3) is 3.90. The summed E-state index contributed by atoms with van der Waals surface area (Å²) in [6, 6.07) is 1.73. The molecule has 0 aliphatic heterocycles. The predicted molar refractivity (Wildman–Crippen MR) is 61.3 cm³/mol. The van der Waals surface area contributed by atoms with Crippen molar-refractivity contribution in [3.8, 4) is 0 Å². The highest BCUT2D eigenvalue weighted by molar-refractivity contribution is 5.79. The lowest BCUT2D eigenvalue weighted by Crippen LogP contribution is -2.37. The monoisotopic (exact) mass is 239 g/mol. The number of H-pyrrole nitrogens is 1. The first kappa shape index (κ1) is 13.2. The number of likely N-dealkylation sites (N-methyl/N-ethyl adjacent to an activating group) is 1. The molecule has 6 nitrogen and oxygen atoms in total. The molecule has 1 atom stereocenters. The number of aromatic nitrogens is 2. The van der Waals surface area contributed by atoms with Crippen LogP contribution in [-0.2, 0) is 16.0 Å². The Kier molecular flexibility index (Phi) is 4.68. The number of carboxylic acids is 1. The first-order chi connectivity index (χ1) is 8.04. The number of hydrogen-bond acceptors (Lipinski definition) is 3. The van der Waals surface area contributed by atoms with E-state index in [9.17, 15) is 9.59 Å². The van der Waals surface area contributed by atoms with Gasteiger partial charge in [-0.1, -0.05) is 6.92 Å². The highest BCUT2D eigenvalue weighted by Crippen LogP contribution is 2.04. The van der Waals surface area contributed by atoms with Crippen LogP contribution in [0.25, 0.3) is 0 Å². The smallest absolute Gasteiger partial charge is 0.308 e. The van der Waals surface area contributed by atoms with Gasteiger partial charge in [0, 0.05) is 25.0 Å². The molecule has 17 heavy (non-hydrogen) atoms. The zero-order valence-corrected chi connectivity index (χ0v) is 10.0. The van der Waals surface area contributed by atoms with Gasteiger partial charge in [0.15, 0.2) is 0 Å². The number of rotatable bonds is 6. The molecule has 6 heteroatoms. The van der Waals surface area contributed by atoms with Gasteiger partial charge in [-0.3, -0.25) is 14.7 Å². The van der Waals surface area contributed by atoms with E-state index in [0.717, 1.165) is 5.69 Å². The van der Waals surface area contributed by atoms with E-state index in [1.807, 2.05) is 6.92 Å². The highest BCUT2D eigenvalue weighted by atomic mass is 16.4. The van der Waals surface area contributed by atoms with Crippen LogP contribution in [0.3, 0.4) is 0 Å². The van der Waals surface area contributed by atoms with Crippen LogP contribution >= 0.6 is 0 Å². The van der Waals surface area contributed by atoms with Crippen LogP contribution in [0.5, 0.6) is 0 Å². The maximum Gasteiger partial charge on any atom is 0.308 e. The van der Waals surface area contributed by atoms with Gasteiger partial charge in [0.25, 0.3) is 0 Å². The molecule has 1 heterocycles. The summed E-state index contributed by atoms with van der Waals surface area (Å²) in [6.45, 7) is 4.16. The van der Waals surface area contributed by atoms with Crippen LogP contribution in [0.2, 0.25) is 0 Å². The van der Waals surface area contributed by atoms with E-state index in [2.05, 4.69) is 10.2 Å². The van der Waals surface area contributed by atoms with Crippen molar-refractivity contribution in [3.63, 3.8) is 0 Å². The Hall–Kier alpha value is -1.85. The molecule has 94 valence electrons. The third-order valence-electron chi connectivity index (χ3n) is 2.55. The molecule has 2 N–H and O–H groups in total. The number of aromatic amines is 1. The summed E-state index contributed by atoms with van der Waals surface area (Å²) in [7, 11) is 0. The average molecular weight is 239 g/mol. The fourth-order valence-electron chi connectivity index (χ4n) is 1.47. The molecule has 1 rings (SSSR count). The molecule has 1 unspecified atom stereocenters. The lowest BCUT2D eigenvalue weighted by atomic mass is 10.1. The number of carboxylic acid groups (broad SMARTS) is 1. The topological polar surface area (TPSA) is 86.3 Å². The first-order valence-electron chi connectivity index (χ1n) is 5.53. The van der Waals surface area contributed by atoms with Crippen molar-refractivity contribution in [1.82, 2.24) is 15.1 Å². The second-order valence-corrected chi connectivity index (χ2v) is 3.93. The van der Waals surface area contributed by atoms with Gasteiger partial charge >= 0.3 is 5.97 Å². The second-order valence-electron chi connectivity index (χ2n) is 3.93. The van der Waals surface area contributed by atoms with Crippen LogP contribution in [0, 0.1) is 5.92 Å². The predicted octanol–water partition coefficient (Wildman–Crippen LogP) is 0.521. The summed E-state index contributed by atoms with van der Waals surface area (Å²) < 4.78 is 0. The molecule has 0 radical (unpaired) electrons. The van der Waals surface area contributed by atoms with Gasteiger partial charge in [-0.05, 0) is 13.0 Å². The third-order valence-corrected chi connectivity index (χ3v) is 2.55. The maximum atomic E-state index is 11.9. The molecular weight excluding hydrogens is 222 g/mol. The molecule has 0 saturated heterocycles. The molecule has 0 aliphatic rings. The zero-order chi connectivity index (χ0) is 12.8. The standard InChI is InChI=1S/C11H17N3O3/c1-3-14(7-8(2)11(16)17)10(15)6-9-4-5-12-13-9/h4-5,8H,3,6-7H2,1-2H3,(H,12,13)(H,16,17). The molecule has 0 fully saturated rings. The van der Waals surface area contributed by atoms with Crippen molar-refractivity contribution in [2.24, 2.45) is 5.92 Å². The van der Waals surface area contributed by atoms with Crippen molar-refractivity contribution >= 4 is 11.9 Å². The number of aliphatic carboxylic acids is 1. The number of nitrogens with one attached hydrogen (secondary N) is 1. The van der Waals surface area contributed by atoms with Crippen LogP contribution in [0.15, 0.2) is 12.3 Å². The fourth-order valence-corrected chi connectivity index (χ4v) is 1.47. The van der Waals surface area contributed by atoms with Crippen LogP contribution in [-0.4, -0.2) is 45.2 Å². The number of nitrogens with zero attached hydrogens (tertiary/aromatic N) is 2. The summed E-state index contributed by atoms with van der Waals surface area (Å²) in [5, 5.41) is 15.3. The maximum absolute atomic E-state index is 11.9. The summed E-state index contributed by atoms with van der Waals surface area (Å²) in [6.07, 6.45) is 1.80. The minimum Gasteiger partial charge on any atom is -0.481 e. The lowest BCUT2D eigenvalue weighted by Gasteiger charge is -2.22. The molecule has 0 spiro atoms. The number of carbonyl (C=O) groups is 2. The van der Waals surface area contributed by atoms with E-state index in [4.69, 9.17) is 5.11 Å². The van der Waals surface area contributed by atoms with Gasteiger partial charge in [-0.25, -0.2) is 0 Å². The van der Waals surface area contributed by atoms with Gasteiger partial charge in [0.05, 0.1) is 12.3 Å². The quantitative estimate of drug-likeness (QED) is 0.757.